The van der Waals surface area contributed by atoms with Crippen molar-refractivity contribution in [2.24, 2.45) is 23.7 Å². The van der Waals surface area contributed by atoms with Gasteiger partial charge in [-0.1, -0.05) is 55.5 Å². The molecule has 3 N–H and O–H groups in total. The predicted octanol–water partition coefficient (Wildman–Crippen LogP) is 5.03. The molecule has 10 nitrogen and oxygen atoms in total. The molecule has 3 aliphatic carbocycles. The van der Waals surface area contributed by atoms with Crippen LogP contribution < -0.4 is 10.6 Å². The number of sulfonamides is 1. The first-order valence-corrected chi connectivity index (χ1v) is 18.9. The fourth-order valence-electron chi connectivity index (χ4n) is 7.55. The van der Waals surface area contributed by atoms with Crippen molar-refractivity contribution in [3.63, 3.8) is 0 Å². The first-order chi connectivity index (χ1) is 22.1. The Morgan fingerprint density at radius 2 is 1.91 bits per heavy atom. The number of aromatic nitrogens is 1. The first-order valence-electron chi connectivity index (χ1n) is 16.6. The molecular weight excluding hydrogens is 625 g/mol. The highest BCUT2D eigenvalue weighted by Gasteiger charge is 2.55. The third kappa shape index (κ3) is 6.78. The molecule has 1 amide bonds. The third-order valence-electron chi connectivity index (χ3n) is 9.99. The minimum absolute atomic E-state index is 0.00753. The number of aliphatic hydroxyl groups is 1. The molecule has 7 atom stereocenters. The summed E-state index contributed by atoms with van der Waals surface area (Å²) in [4.78, 5) is 18.2. The minimum atomic E-state index is -3.98. The van der Waals surface area contributed by atoms with E-state index < -0.39 is 28.3 Å². The fourth-order valence-corrected chi connectivity index (χ4v) is 10.3. The van der Waals surface area contributed by atoms with Gasteiger partial charge in [-0.2, -0.15) is 4.31 Å². The van der Waals surface area contributed by atoms with Crippen LogP contribution in [0.25, 0.3) is 10.2 Å². The van der Waals surface area contributed by atoms with E-state index >= 15 is 0 Å². The minimum Gasteiger partial charge on any atom is -0.446 e. The summed E-state index contributed by atoms with van der Waals surface area (Å²) >= 11 is 1.45. The molecule has 3 aromatic rings. The summed E-state index contributed by atoms with van der Waals surface area (Å²) < 4.78 is 42.4. The molecule has 0 radical (unpaired) electrons. The van der Waals surface area contributed by atoms with E-state index in [2.05, 4.69) is 15.6 Å². The maximum Gasteiger partial charge on any atom is 0.407 e. The summed E-state index contributed by atoms with van der Waals surface area (Å²) in [5.41, 5.74) is 1.67. The highest BCUT2D eigenvalue weighted by molar-refractivity contribution is 7.89. The van der Waals surface area contributed by atoms with Crippen LogP contribution in [0.15, 0.2) is 53.4 Å². The van der Waals surface area contributed by atoms with Crippen molar-refractivity contribution in [3.8, 4) is 0 Å². The SMILES string of the molecule is CC(C)CN(C[C@@H](O)[C@H](Cc1ccccc1)NC(=O)OC1C2CCC3OCC1C3C2)S(=O)(=O)c1ccc2nc(NC3CC3)sc2c1. The van der Waals surface area contributed by atoms with E-state index in [1.54, 1.807) is 18.2 Å². The maximum atomic E-state index is 14.1. The van der Waals surface area contributed by atoms with Crippen molar-refractivity contribution >= 4 is 42.8 Å². The number of nitrogens with zero attached hydrogens (tertiary/aromatic N) is 2. The first kappa shape index (κ1) is 31.8. The number of aliphatic hydroxyl groups excluding tert-OH is 1. The molecule has 5 unspecified atom stereocenters. The van der Waals surface area contributed by atoms with Gasteiger partial charge in [0.1, 0.15) is 6.10 Å². The van der Waals surface area contributed by atoms with E-state index in [1.807, 2.05) is 44.2 Å². The second-order valence-corrected chi connectivity index (χ2v) is 16.9. The highest BCUT2D eigenvalue weighted by atomic mass is 32.2. The Balaban J connectivity index is 1.09. The number of ether oxygens (including phenoxy) is 2. The van der Waals surface area contributed by atoms with Crippen molar-refractivity contribution in [2.75, 3.05) is 25.0 Å². The van der Waals surface area contributed by atoms with Gasteiger partial charge in [-0.05, 0) is 80.0 Å². The zero-order valence-corrected chi connectivity index (χ0v) is 28.0. The van der Waals surface area contributed by atoms with E-state index in [4.69, 9.17) is 9.47 Å². The average Bonchev–Trinajstić information content (AvgIpc) is 3.48. The molecule has 1 aliphatic heterocycles. The van der Waals surface area contributed by atoms with Crippen LogP contribution in [-0.2, 0) is 25.9 Å². The van der Waals surface area contributed by atoms with Crippen LogP contribution in [0.1, 0.15) is 51.5 Å². The van der Waals surface area contributed by atoms with Gasteiger partial charge in [0.2, 0.25) is 10.0 Å². The number of benzene rings is 2. The number of fused-ring (bicyclic) bond motifs is 2. The molecule has 2 heterocycles. The fraction of sp³-hybridized carbons (Fsp3) is 0.588. The van der Waals surface area contributed by atoms with E-state index in [-0.39, 0.29) is 42.0 Å². The van der Waals surface area contributed by atoms with E-state index in [9.17, 15) is 18.3 Å². The second-order valence-electron chi connectivity index (χ2n) is 13.9. The van der Waals surface area contributed by atoms with E-state index in [1.165, 1.54) is 15.6 Å². The number of anilines is 1. The molecule has 3 saturated carbocycles. The van der Waals surface area contributed by atoms with Crippen molar-refractivity contribution in [1.82, 2.24) is 14.6 Å². The summed E-state index contributed by atoms with van der Waals surface area (Å²) in [5.74, 6) is 1.00. The van der Waals surface area contributed by atoms with Gasteiger partial charge in [-0.15, -0.1) is 0 Å². The van der Waals surface area contributed by atoms with E-state index in [0.29, 0.717) is 30.9 Å². The number of rotatable bonds is 13. The van der Waals surface area contributed by atoms with E-state index in [0.717, 1.165) is 53.0 Å². The van der Waals surface area contributed by atoms with Crippen molar-refractivity contribution in [3.05, 3.63) is 54.1 Å². The largest absolute Gasteiger partial charge is 0.446 e. The number of hydrogen-bond donors (Lipinski definition) is 3. The lowest BCUT2D eigenvalue weighted by Gasteiger charge is -2.31. The summed E-state index contributed by atoms with van der Waals surface area (Å²) in [7, 11) is -3.98. The Morgan fingerprint density at radius 1 is 1.11 bits per heavy atom. The number of hydrogen-bond acceptors (Lipinski definition) is 9. The standard InChI is InChI=1S/C34H44N4O6S2/c1-20(2)17-38(46(41,42)24-11-12-27-31(16-24)45-33(36-27)35-23-9-10-23)18-29(39)28(14-21-6-4-3-5-7-21)37-34(40)44-32-22-8-13-30-25(15-22)26(32)19-43-30/h3-7,11-12,16,20,22-23,25-26,28-30,32,39H,8-10,13-15,17-19H2,1-2H3,(H,35,36)(H,37,40)/t22?,25?,26?,28-,29+,30?,32?/m0/s1. The zero-order chi connectivity index (χ0) is 32.0. The third-order valence-corrected chi connectivity index (χ3v) is 12.8. The molecule has 1 saturated heterocycles. The lowest BCUT2D eigenvalue weighted by molar-refractivity contribution is -0.00162. The monoisotopic (exact) mass is 668 g/mol. The molecule has 2 bridgehead atoms. The van der Waals surface area contributed by atoms with Crippen LogP contribution in [0.5, 0.6) is 0 Å². The highest BCUT2D eigenvalue weighted by Crippen LogP contribution is 2.52. The van der Waals surface area contributed by atoms with Crippen LogP contribution in [0.4, 0.5) is 9.93 Å². The Labute approximate surface area is 274 Å². The molecule has 2 aromatic carbocycles. The Kier molecular flexibility index (Phi) is 9.01. The molecule has 4 aliphatic rings. The maximum absolute atomic E-state index is 14.1. The van der Waals surface area contributed by atoms with Gasteiger partial charge in [0.05, 0.1) is 40.0 Å². The lowest BCUT2D eigenvalue weighted by Crippen LogP contribution is -2.52. The molecular formula is C34H44N4O6S2. The van der Waals surface area contributed by atoms with Gasteiger partial charge in [-0.3, -0.25) is 0 Å². The Hall–Kier alpha value is -2.77. The lowest BCUT2D eigenvalue weighted by atomic mass is 9.86. The molecule has 12 heteroatoms. The van der Waals surface area contributed by atoms with Crippen LogP contribution >= 0.6 is 11.3 Å². The molecule has 0 spiro atoms. The number of thiazole rings is 1. The van der Waals surface area contributed by atoms with Crippen LogP contribution in [-0.4, -0.2) is 79.0 Å². The smallest absolute Gasteiger partial charge is 0.407 e. The number of nitrogens with one attached hydrogen (secondary N) is 2. The number of alkyl carbamates (subject to hydrolysis) is 1. The zero-order valence-electron chi connectivity index (χ0n) is 26.4. The van der Waals surface area contributed by atoms with Crippen LogP contribution in [0.2, 0.25) is 0 Å². The number of carbonyl (C=O) groups is 1. The molecule has 4 fully saturated rings. The van der Waals surface area contributed by atoms with Crippen molar-refractivity contribution in [2.45, 2.75) is 87.7 Å². The Bertz CT molecular complexity index is 1650. The normalized spacial score (nSPS) is 26.8. The summed E-state index contributed by atoms with van der Waals surface area (Å²) in [5, 5.41) is 18.8. The summed E-state index contributed by atoms with van der Waals surface area (Å²) in [6, 6.07) is 14.3. The second kappa shape index (κ2) is 13.0. The van der Waals surface area contributed by atoms with Gasteiger partial charge in [0.15, 0.2) is 5.13 Å². The number of carbonyl (C=O) groups excluding carboxylic acids is 1. The molecule has 1 aromatic heterocycles. The van der Waals surface area contributed by atoms with Gasteiger partial charge in [0.25, 0.3) is 0 Å². The van der Waals surface area contributed by atoms with Gasteiger partial charge in [-0.25, -0.2) is 18.2 Å². The predicted molar refractivity (Wildman–Crippen MR) is 177 cm³/mol. The summed E-state index contributed by atoms with van der Waals surface area (Å²) in [6.45, 7) is 4.55. The van der Waals surface area contributed by atoms with Gasteiger partial charge in [0, 0.05) is 25.0 Å². The number of amides is 1. The molecule has 248 valence electrons. The van der Waals surface area contributed by atoms with Gasteiger partial charge >= 0.3 is 6.09 Å². The Morgan fingerprint density at radius 3 is 2.67 bits per heavy atom. The average molecular weight is 669 g/mol. The summed E-state index contributed by atoms with van der Waals surface area (Å²) in [6.07, 6.45) is 3.89. The topological polar surface area (TPSA) is 130 Å². The van der Waals surface area contributed by atoms with Gasteiger partial charge < -0.3 is 25.2 Å². The molecule has 46 heavy (non-hydrogen) atoms. The molecule has 7 rings (SSSR count). The van der Waals surface area contributed by atoms with Crippen LogP contribution in [0.3, 0.4) is 0 Å². The van der Waals surface area contributed by atoms with Crippen LogP contribution in [0, 0.1) is 23.7 Å². The quantitative estimate of drug-likeness (QED) is 0.231. The van der Waals surface area contributed by atoms with Crippen molar-refractivity contribution in [1.29, 1.82) is 0 Å². The van der Waals surface area contributed by atoms with Crippen molar-refractivity contribution < 1.29 is 27.8 Å².